The van der Waals surface area contributed by atoms with Gasteiger partial charge in [0.25, 0.3) is 5.91 Å². The fourth-order valence-electron chi connectivity index (χ4n) is 3.42. The SMILES string of the molecule is CN=C(NCCCOC(C)c1ccccc1)NCCCN1C(=O)COc2ccccc21. The Hall–Kier alpha value is -3.06. The third-order valence-corrected chi connectivity index (χ3v) is 5.13. The van der Waals surface area contributed by atoms with E-state index >= 15 is 0 Å². The summed E-state index contributed by atoms with van der Waals surface area (Å²) in [6.45, 7) is 4.97. The second-order valence-corrected chi connectivity index (χ2v) is 7.36. The van der Waals surface area contributed by atoms with Crippen LogP contribution in [0, 0.1) is 0 Å². The molecule has 0 saturated heterocycles. The number of rotatable bonds is 10. The lowest BCUT2D eigenvalue weighted by atomic mass is 10.1. The fraction of sp³-hybridized carbons (Fsp3) is 0.417. The van der Waals surface area contributed by atoms with E-state index in [4.69, 9.17) is 9.47 Å². The van der Waals surface area contributed by atoms with Crippen molar-refractivity contribution >= 4 is 17.6 Å². The molecule has 1 heterocycles. The van der Waals surface area contributed by atoms with Crippen molar-refractivity contribution in [3.05, 3.63) is 60.2 Å². The van der Waals surface area contributed by atoms with Crippen LogP contribution in [0.15, 0.2) is 59.6 Å². The zero-order valence-corrected chi connectivity index (χ0v) is 18.3. The second-order valence-electron chi connectivity index (χ2n) is 7.36. The van der Waals surface area contributed by atoms with E-state index in [1.54, 1.807) is 11.9 Å². The van der Waals surface area contributed by atoms with Crippen molar-refractivity contribution in [2.45, 2.75) is 25.9 Å². The summed E-state index contributed by atoms with van der Waals surface area (Å²) in [7, 11) is 1.76. The Bertz CT molecular complexity index is 857. The first-order valence-corrected chi connectivity index (χ1v) is 10.8. The molecule has 0 aliphatic carbocycles. The molecule has 0 saturated carbocycles. The third-order valence-electron chi connectivity index (χ3n) is 5.13. The molecule has 1 amide bonds. The minimum absolute atomic E-state index is 0.00839. The number of para-hydroxylation sites is 2. The van der Waals surface area contributed by atoms with Crippen LogP contribution in [0.2, 0.25) is 0 Å². The summed E-state index contributed by atoms with van der Waals surface area (Å²) in [6.07, 6.45) is 1.78. The summed E-state index contributed by atoms with van der Waals surface area (Å²) >= 11 is 0. The van der Waals surface area contributed by atoms with Gasteiger partial charge in [-0.25, -0.2) is 0 Å². The van der Waals surface area contributed by atoms with Gasteiger partial charge in [-0.3, -0.25) is 9.79 Å². The van der Waals surface area contributed by atoms with Crippen molar-refractivity contribution in [3.8, 4) is 5.75 Å². The highest BCUT2D eigenvalue weighted by Gasteiger charge is 2.24. The number of anilines is 1. The summed E-state index contributed by atoms with van der Waals surface area (Å²) < 4.78 is 11.4. The van der Waals surface area contributed by atoms with E-state index in [2.05, 4.69) is 34.7 Å². The highest BCUT2D eigenvalue weighted by molar-refractivity contribution is 5.97. The maximum absolute atomic E-state index is 12.2. The molecule has 1 aliphatic rings. The largest absolute Gasteiger partial charge is 0.482 e. The van der Waals surface area contributed by atoms with Gasteiger partial charge in [0.1, 0.15) is 5.75 Å². The van der Waals surface area contributed by atoms with Gasteiger partial charge >= 0.3 is 0 Å². The molecule has 0 radical (unpaired) electrons. The normalized spacial score (nSPS) is 14.6. The van der Waals surface area contributed by atoms with Gasteiger partial charge < -0.3 is 25.0 Å². The van der Waals surface area contributed by atoms with Gasteiger partial charge in [-0.1, -0.05) is 42.5 Å². The number of hydrogen-bond donors (Lipinski definition) is 2. The number of guanidine groups is 1. The average molecular weight is 425 g/mol. The number of nitrogens with zero attached hydrogens (tertiary/aromatic N) is 2. The lowest BCUT2D eigenvalue weighted by Crippen LogP contribution is -2.42. The Kier molecular flexibility index (Phi) is 8.72. The molecule has 0 spiro atoms. The van der Waals surface area contributed by atoms with Gasteiger partial charge in [-0.15, -0.1) is 0 Å². The molecular formula is C24H32N4O3. The number of amides is 1. The van der Waals surface area contributed by atoms with E-state index in [9.17, 15) is 4.79 Å². The van der Waals surface area contributed by atoms with Gasteiger partial charge in [0.15, 0.2) is 12.6 Å². The van der Waals surface area contributed by atoms with Crippen LogP contribution in [0.5, 0.6) is 5.75 Å². The van der Waals surface area contributed by atoms with Crippen molar-refractivity contribution in [2.24, 2.45) is 4.99 Å². The van der Waals surface area contributed by atoms with Crippen molar-refractivity contribution in [1.82, 2.24) is 10.6 Å². The van der Waals surface area contributed by atoms with Crippen LogP contribution in [-0.2, 0) is 9.53 Å². The topological polar surface area (TPSA) is 75.2 Å². The zero-order chi connectivity index (χ0) is 21.9. The number of carbonyl (C=O) groups excluding carboxylic acids is 1. The van der Waals surface area contributed by atoms with Crippen molar-refractivity contribution in [3.63, 3.8) is 0 Å². The standard InChI is InChI=1S/C24H32N4O3/c1-19(20-10-4-3-5-11-20)30-17-9-15-27-24(25-2)26-14-8-16-28-21-12-6-7-13-22(21)31-18-23(28)29/h3-7,10-13,19H,8-9,14-18H2,1-2H3,(H2,25,26,27). The van der Waals surface area contributed by atoms with Crippen LogP contribution in [-0.4, -0.2) is 51.8 Å². The summed E-state index contributed by atoms with van der Waals surface area (Å²) in [4.78, 5) is 18.3. The molecule has 0 fully saturated rings. The molecule has 2 N–H and O–H groups in total. The zero-order valence-electron chi connectivity index (χ0n) is 18.3. The van der Waals surface area contributed by atoms with Crippen molar-refractivity contribution < 1.29 is 14.3 Å². The summed E-state index contributed by atoms with van der Waals surface area (Å²) in [5.41, 5.74) is 2.03. The number of fused-ring (bicyclic) bond motifs is 1. The van der Waals surface area contributed by atoms with Crippen LogP contribution in [0.4, 0.5) is 5.69 Å². The van der Waals surface area contributed by atoms with Crippen LogP contribution in [0.3, 0.4) is 0 Å². The van der Waals surface area contributed by atoms with Crippen LogP contribution in [0.25, 0.3) is 0 Å². The molecule has 31 heavy (non-hydrogen) atoms. The number of hydrogen-bond acceptors (Lipinski definition) is 4. The third kappa shape index (κ3) is 6.72. The number of ether oxygens (including phenoxy) is 2. The smallest absolute Gasteiger partial charge is 0.265 e. The number of benzene rings is 2. The molecule has 2 aromatic rings. The highest BCUT2D eigenvalue weighted by atomic mass is 16.5. The Morgan fingerprint density at radius 1 is 1.10 bits per heavy atom. The number of nitrogens with one attached hydrogen (secondary N) is 2. The van der Waals surface area contributed by atoms with Crippen molar-refractivity contribution in [2.75, 3.05) is 44.8 Å². The van der Waals surface area contributed by atoms with E-state index in [-0.39, 0.29) is 18.6 Å². The monoisotopic (exact) mass is 424 g/mol. The first-order chi connectivity index (χ1) is 15.2. The molecular weight excluding hydrogens is 392 g/mol. The van der Waals surface area contributed by atoms with Gasteiger partial charge in [0.2, 0.25) is 0 Å². The average Bonchev–Trinajstić information content (AvgIpc) is 2.81. The molecule has 0 aromatic heterocycles. The lowest BCUT2D eigenvalue weighted by molar-refractivity contribution is -0.121. The molecule has 1 unspecified atom stereocenters. The quantitative estimate of drug-likeness (QED) is 0.348. The molecule has 166 valence electrons. The molecule has 2 aromatic carbocycles. The predicted molar refractivity (Wildman–Crippen MR) is 124 cm³/mol. The van der Waals surface area contributed by atoms with Crippen molar-refractivity contribution in [1.29, 1.82) is 0 Å². The van der Waals surface area contributed by atoms with Crippen LogP contribution in [0.1, 0.15) is 31.4 Å². The first-order valence-electron chi connectivity index (χ1n) is 10.8. The fourth-order valence-corrected chi connectivity index (χ4v) is 3.42. The van der Waals surface area contributed by atoms with Gasteiger partial charge in [0, 0.05) is 33.3 Å². The predicted octanol–water partition coefficient (Wildman–Crippen LogP) is 3.14. The molecule has 0 bridgehead atoms. The Morgan fingerprint density at radius 3 is 2.58 bits per heavy atom. The van der Waals surface area contributed by atoms with E-state index in [0.717, 1.165) is 36.8 Å². The number of carbonyl (C=O) groups is 1. The maximum atomic E-state index is 12.2. The molecule has 1 aliphatic heterocycles. The summed E-state index contributed by atoms with van der Waals surface area (Å²) in [5, 5.41) is 6.61. The minimum atomic E-state index is -0.00839. The molecule has 7 heteroatoms. The Balaban J connectivity index is 1.31. The number of aliphatic imine (C=N–C) groups is 1. The van der Waals surface area contributed by atoms with Gasteiger partial charge in [0.05, 0.1) is 11.8 Å². The van der Waals surface area contributed by atoms with Crippen LogP contribution >= 0.6 is 0 Å². The molecule has 3 rings (SSSR count). The summed E-state index contributed by atoms with van der Waals surface area (Å²) in [6, 6.07) is 17.9. The highest BCUT2D eigenvalue weighted by Crippen LogP contribution is 2.31. The first kappa shape index (κ1) is 22.6. The second kappa shape index (κ2) is 12.0. The lowest BCUT2D eigenvalue weighted by Gasteiger charge is -2.29. The van der Waals surface area contributed by atoms with E-state index in [0.29, 0.717) is 19.7 Å². The van der Waals surface area contributed by atoms with E-state index in [1.165, 1.54) is 5.56 Å². The minimum Gasteiger partial charge on any atom is -0.482 e. The Labute approximate surface area is 184 Å². The molecule has 7 nitrogen and oxygen atoms in total. The van der Waals surface area contributed by atoms with E-state index < -0.39 is 0 Å². The van der Waals surface area contributed by atoms with Crippen LogP contribution < -0.4 is 20.3 Å². The van der Waals surface area contributed by atoms with Gasteiger partial charge in [-0.05, 0) is 37.5 Å². The maximum Gasteiger partial charge on any atom is 0.265 e. The van der Waals surface area contributed by atoms with E-state index in [1.807, 2.05) is 42.5 Å². The Morgan fingerprint density at radius 2 is 1.81 bits per heavy atom. The molecule has 1 atom stereocenters. The summed E-state index contributed by atoms with van der Waals surface area (Å²) in [5.74, 6) is 1.51. The van der Waals surface area contributed by atoms with Gasteiger partial charge in [-0.2, -0.15) is 0 Å².